The van der Waals surface area contributed by atoms with Crippen LogP contribution in [0.15, 0.2) is 26.5 Å². The number of hydrogen-bond donors (Lipinski definition) is 0. The van der Waals surface area contributed by atoms with E-state index < -0.39 is 0 Å². The van der Waals surface area contributed by atoms with E-state index in [0.717, 1.165) is 14.5 Å². The van der Waals surface area contributed by atoms with Gasteiger partial charge in [-0.2, -0.15) is 0 Å². The lowest BCUT2D eigenvalue weighted by Crippen LogP contribution is -1.77. The number of thiophene rings is 1. The largest absolute Gasteiger partial charge is 0.141 e. The normalized spacial score (nSPS) is 11.0. The fourth-order valence-electron chi connectivity index (χ4n) is 1.20. The lowest BCUT2D eigenvalue weighted by atomic mass is 10.2. The Hall–Kier alpha value is 0.430. The SMILES string of the molecule is ClCc1cc(Br)c2scc(Br)c2c1. The van der Waals surface area contributed by atoms with Gasteiger partial charge in [0.05, 0.1) is 0 Å². The number of benzene rings is 1. The molecule has 1 aromatic carbocycles. The van der Waals surface area contributed by atoms with Crippen molar-refractivity contribution in [3.63, 3.8) is 0 Å². The Morgan fingerprint density at radius 3 is 2.69 bits per heavy atom. The van der Waals surface area contributed by atoms with Gasteiger partial charge in [0.1, 0.15) is 0 Å². The molecule has 2 rings (SSSR count). The first-order chi connectivity index (χ1) is 6.22. The maximum absolute atomic E-state index is 5.79. The van der Waals surface area contributed by atoms with Gasteiger partial charge >= 0.3 is 0 Å². The Balaban J connectivity index is 2.80. The van der Waals surface area contributed by atoms with E-state index in [0.29, 0.717) is 5.88 Å². The van der Waals surface area contributed by atoms with Crippen LogP contribution in [0.3, 0.4) is 0 Å². The third-order valence-electron chi connectivity index (χ3n) is 1.80. The van der Waals surface area contributed by atoms with Gasteiger partial charge in [0.2, 0.25) is 0 Å². The highest BCUT2D eigenvalue weighted by Gasteiger charge is 2.06. The standard InChI is InChI=1S/C9H5Br2ClS/c10-7-2-5(3-12)1-6-8(11)4-13-9(6)7/h1-2,4H,3H2. The van der Waals surface area contributed by atoms with Crippen molar-refractivity contribution in [2.24, 2.45) is 0 Å². The number of hydrogen-bond acceptors (Lipinski definition) is 1. The first kappa shape index (κ1) is 9.97. The monoisotopic (exact) mass is 338 g/mol. The molecular weight excluding hydrogens is 335 g/mol. The quantitative estimate of drug-likeness (QED) is 0.629. The van der Waals surface area contributed by atoms with Crippen molar-refractivity contribution < 1.29 is 0 Å². The topological polar surface area (TPSA) is 0 Å². The number of halogens is 3. The van der Waals surface area contributed by atoms with Crippen LogP contribution >= 0.6 is 54.8 Å². The minimum atomic E-state index is 0.552. The maximum atomic E-state index is 5.79. The van der Waals surface area contributed by atoms with E-state index >= 15 is 0 Å². The van der Waals surface area contributed by atoms with Crippen molar-refractivity contribution in [3.8, 4) is 0 Å². The first-order valence-corrected chi connectivity index (χ1v) is 6.63. The van der Waals surface area contributed by atoms with E-state index in [-0.39, 0.29) is 0 Å². The lowest BCUT2D eigenvalue weighted by Gasteiger charge is -1.99. The van der Waals surface area contributed by atoms with Gasteiger partial charge in [-0.15, -0.1) is 22.9 Å². The van der Waals surface area contributed by atoms with Crippen LogP contribution in [0, 0.1) is 0 Å². The molecular formula is C9H5Br2ClS. The molecule has 0 saturated carbocycles. The van der Waals surface area contributed by atoms with Gasteiger partial charge < -0.3 is 0 Å². The molecule has 0 amide bonds. The van der Waals surface area contributed by atoms with Crippen molar-refractivity contribution >= 4 is 64.9 Å². The third-order valence-corrected chi connectivity index (χ3v) is 4.98. The van der Waals surface area contributed by atoms with Crippen LogP contribution in [0.5, 0.6) is 0 Å². The molecule has 0 saturated heterocycles. The van der Waals surface area contributed by atoms with Gasteiger partial charge in [-0.1, -0.05) is 0 Å². The second kappa shape index (κ2) is 3.89. The molecule has 0 aliphatic rings. The van der Waals surface area contributed by atoms with Crippen molar-refractivity contribution in [3.05, 3.63) is 32.0 Å². The average Bonchev–Trinajstić information content (AvgIpc) is 2.48. The Morgan fingerprint density at radius 1 is 1.23 bits per heavy atom. The van der Waals surface area contributed by atoms with Gasteiger partial charge in [-0.3, -0.25) is 0 Å². The summed E-state index contributed by atoms with van der Waals surface area (Å²) in [6, 6.07) is 4.19. The molecule has 0 unspecified atom stereocenters. The van der Waals surface area contributed by atoms with Crippen LogP contribution in [-0.4, -0.2) is 0 Å². The van der Waals surface area contributed by atoms with E-state index in [4.69, 9.17) is 11.6 Å². The summed E-state index contributed by atoms with van der Waals surface area (Å²) in [4.78, 5) is 0. The van der Waals surface area contributed by atoms with Crippen LogP contribution in [0.25, 0.3) is 10.1 Å². The minimum absolute atomic E-state index is 0.552. The van der Waals surface area contributed by atoms with Crippen molar-refractivity contribution in [1.82, 2.24) is 0 Å². The fraction of sp³-hybridized carbons (Fsp3) is 0.111. The maximum Gasteiger partial charge on any atom is 0.0496 e. The molecule has 0 aliphatic carbocycles. The van der Waals surface area contributed by atoms with Gasteiger partial charge in [-0.05, 0) is 49.6 Å². The second-order valence-corrected chi connectivity index (χ2v) is 5.53. The number of rotatable bonds is 1. The molecule has 0 bridgehead atoms. The predicted octanol–water partition coefficient (Wildman–Crippen LogP) is 5.17. The molecule has 0 spiro atoms. The van der Waals surface area contributed by atoms with E-state index in [9.17, 15) is 0 Å². The molecule has 4 heteroatoms. The minimum Gasteiger partial charge on any atom is -0.141 e. The van der Waals surface area contributed by atoms with Crippen LogP contribution < -0.4 is 0 Å². The molecule has 13 heavy (non-hydrogen) atoms. The molecule has 0 atom stereocenters. The van der Waals surface area contributed by atoms with Crippen molar-refractivity contribution in [1.29, 1.82) is 0 Å². The van der Waals surface area contributed by atoms with Gasteiger partial charge in [-0.25, -0.2) is 0 Å². The van der Waals surface area contributed by atoms with Crippen molar-refractivity contribution in [2.75, 3.05) is 0 Å². The summed E-state index contributed by atoms with van der Waals surface area (Å²) in [6.07, 6.45) is 0. The van der Waals surface area contributed by atoms with Crippen molar-refractivity contribution in [2.45, 2.75) is 5.88 Å². The fourth-order valence-corrected chi connectivity index (χ4v) is 3.68. The van der Waals surface area contributed by atoms with E-state index in [2.05, 4.69) is 49.4 Å². The van der Waals surface area contributed by atoms with Crippen LogP contribution in [0.1, 0.15) is 5.56 Å². The van der Waals surface area contributed by atoms with E-state index in [1.165, 1.54) is 10.1 Å². The van der Waals surface area contributed by atoms with Crippen LogP contribution in [0.4, 0.5) is 0 Å². The van der Waals surface area contributed by atoms with Crippen LogP contribution in [-0.2, 0) is 5.88 Å². The zero-order valence-electron chi connectivity index (χ0n) is 6.48. The Kier molecular flexibility index (Phi) is 2.98. The third kappa shape index (κ3) is 1.80. The molecule has 0 N–H and O–H groups in total. The summed E-state index contributed by atoms with van der Waals surface area (Å²) in [7, 11) is 0. The molecule has 0 nitrogen and oxygen atoms in total. The molecule has 0 radical (unpaired) electrons. The summed E-state index contributed by atoms with van der Waals surface area (Å²) >= 11 is 14.6. The molecule has 0 aliphatic heterocycles. The summed E-state index contributed by atoms with van der Waals surface area (Å²) in [6.45, 7) is 0. The highest BCUT2D eigenvalue weighted by molar-refractivity contribution is 9.11. The smallest absolute Gasteiger partial charge is 0.0496 e. The Morgan fingerprint density at radius 2 is 2.00 bits per heavy atom. The van der Waals surface area contributed by atoms with Crippen LogP contribution in [0.2, 0.25) is 0 Å². The highest BCUT2D eigenvalue weighted by atomic mass is 79.9. The summed E-state index contributed by atoms with van der Waals surface area (Å²) in [5.41, 5.74) is 1.14. The van der Waals surface area contributed by atoms with E-state index in [1.807, 2.05) is 0 Å². The zero-order chi connectivity index (χ0) is 9.42. The highest BCUT2D eigenvalue weighted by Crippen LogP contribution is 2.36. The first-order valence-electron chi connectivity index (χ1n) is 3.63. The molecule has 1 aromatic heterocycles. The van der Waals surface area contributed by atoms with E-state index in [1.54, 1.807) is 11.3 Å². The summed E-state index contributed by atoms with van der Waals surface area (Å²) in [5.74, 6) is 0.552. The summed E-state index contributed by atoms with van der Waals surface area (Å²) < 4.78 is 3.53. The zero-order valence-corrected chi connectivity index (χ0v) is 11.2. The Bertz CT molecular complexity index is 450. The molecule has 2 aromatic rings. The number of fused-ring (bicyclic) bond motifs is 1. The Labute approximate surface area is 102 Å². The summed E-state index contributed by atoms with van der Waals surface area (Å²) in [5, 5.41) is 3.32. The van der Waals surface area contributed by atoms with Gasteiger partial charge in [0, 0.05) is 30.3 Å². The van der Waals surface area contributed by atoms with Gasteiger partial charge in [0.15, 0.2) is 0 Å². The van der Waals surface area contributed by atoms with Gasteiger partial charge in [0.25, 0.3) is 0 Å². The predicted molar refractivity (Wildman–Crippen MR) is 66.8 cm³/mol. The molecule has 0 fully saturated rings. The molecule has 1 heterocycles. The number of alkyl halides is 1. The molecule has 68 valence electrons. The average molecular weight is 340 g/mol. The second-order valence-electron chi connectivity index (χ2n) is 2.67. The lowest BCUT2D eigenvalue weighted by molar-refractivity contribution is 1.42.